The first-order valence-corrected chi connectivity index (χ1v) is 8.79. The first-order valence-electron chi connectivity index (χ1n) is 7.64. The highest BCUT2D eigenvalue weighted by Crippen LogP contribution is 2.35. The molecule has 108 valence electrons. The molecule has 0 aromatic heterocycles. The summed E-state index contributed by atoms with van der Waals surface area (Å²) in [5.41, 5.74) is 6.50. The molecule has 1 heterocycles. The van der Waals surface area contributed by atoms with Crippen molar-refractivity contribution in [2.75, 3.05) is 24.6 Å². The van der Waals surface area contributed by atoms with Gasteiger partial charge < -0.3 is 5.73 Å². The van der Waals surface area contributed by atoms with Crippen LogP contribution in [0, 0.1) is 5.92 Å². The molecule has 0 unspecified atom stereocenters. The highest BCUT2D eigenvalue weighted by Gasteiger charge is 2.39. The molecule has 0 atom stereocenters. The molecule has 1 aliphatic rings. The first kappa shape index (κ1) is 16.3. The Bertz CT molecular complexity index is 221. The minimum atomic E-state index is 0.284. The lowest BCUT2D eigenvalue weighted by molar-refractivity contribution is 0.0252. The van der Waals surface area contributed by atoms with E-state index in [9.17, 15) is 0 Å². The number of hydrogen-bond donors (Lipinski definition) is 1. The summed E-state index contributed by atoms with van der Waals surface area (Å²) >= 11 is 2.09. The summed E-state index contributed by atoms with van der Waals surface area (Å²) in [6.45, 7) is 11.3. The van der Waals surface area contributed by atoms with Crippen molar-refractivity contribution in [2.45, 2.75) is 65.0 Å². The number of thioether (sulfide) groups is 1. The minimum absolute atomic E-state index is 0.284. The van der Waals surface area contributed by atoms with Crippen molar-refractivity contribution in [3.05, 3.63) is 0 Å². The van der Waals surface area contributed by atoms with Gasteiger partial charge in [-0.25, -0.2) is 0 Å². The SMILES string of the molecule is CCC(CC)N(CC(C)C)C1(CN)CCSCC1. The van der Waals surface area contributed by atoms with Crippen LogP contribution in [-0.2, 0) is 0 Å². The monoisotopic (exact) mass is 272 g/mol. The van der Waals surface area contributed by atoms with Crippen molar-refractivity contribution in [1.29, 1.82) is 0 Å². The Balaban J connectivity index is 2.89. The highest BCUT2D eigenvalue weighted by atomic mass is 32.2. The molecule has 2 nitrogen and oxygen atoms in total. The van der Waals surface area contributed by atoms with Gasteiger partial charge in [0.1, 0.15) is 0 Å². The molecule has 1 rings (SSSR count). The van der Waals surface area contributed by atoms with Gasteiger partial charge in [0.05, 0.1) is 0 Å². The van der Waals surface area contributed by atoms with Gasteiger partial charge >= 0.3 is 0 Å². The average molecular weight is 273 g/mol. The molecule has 0 saturated carbocycles. The standard InChI is InChI=1S/C15H32N2S/c1-5-14(6-2)17(11-13(3)4)15(12-16)7-9-18-10-8-15/h13-14H,5-12,16H2,1-4H3. The zero-order valence-electron chi connectivity index (χ0n) is 12.7. The fourth-order valence-corrected chi connectivity index (χ4v) is 4.47. The van der Waals surface area contributed by atoms with Gasteiger partial charge in [0.25, 0.3) is 0 Å². The number of hydrogen-bond acceptors (Lipinski definition) is 3. The quantitative estimate of drug-likeness (QED) is 0.770. The molecule has 2 N–H and O–H groups in total. The minimum Gasteiger partial charge on any atom is -0.329 e. The molecular weight excluding hydrogens is 240 g/mol. The highest BCUT2D eigenvalue weighted by molar-refractivity contribution is 7.99. The van der Waals surface area contributed by atoms with Crippen LogP contribution in [0.3, 0.4) is 0 Å². The topological polar surface area (TPSA) is 29.3 Å². The number of rotatable bonds is 7. The Morgan fingerprint density at radius 2 is 1.72 bits per heavy atom. The lowest BCUT2D eigenvalue weighted by atomic mass is 9.86. The molecule has 0 amide bonds. The van der Waals surface area contributed by atoms with Crippen LogP contribution >= 0.6 is 11.8 Å². The lowest BCUT2D eigenvalue weighted by Crippen LogP contribution is -2.60. The van der Waals surface area contributed by atoms with Gasteiger partial charge in [-0.05, 0) is 43.1 Å². The third-order valence-electron chi connectivity index (χ3n) is 4.36. The van der Waals surface area contributed by atoms with Crippen LogP contribution in [0.5, 0.6) is 0 Å². The van der Waals surface area contributed by atoms with E-state index >= 15 is 0 Å². The Kier molecular flexibility index (Phi) is 7.04. The summed E-state index contributed by atoms with van der Waals surface area (Å²) in [6, 6.07) is 0.707. The van der Waals surface area contributed by atoms with Crippen molar-refractivity contribution >= 4 is 11.8 Å². The van der Waals surface area contributed by atoms with Crippen molar-refractivity contribution < 1.29 is 0 Å². The molecule has 1 fully saturated rings. The Morgan fingerprint density at radius 3 is 2.11 bits per heavy atom. The Hall–Kier alpha value is 0.270. The van der Waals surface area contributed by atoms with Crippen molar-refractivity contribution in [3.8, 4) is 0 Å². The van der Waals surface area contributed by atoms with Crippen LogP contribution < -0.4 is 5.73 Å². The average Bonchev–Trinajstić information content (AvgIpc) is 2.39. The van der Waals surface area contributed by atoms with Gasteiger partial charge in [0.15, 0.2) is 0 Å². The number of nitrogens with zero attached hydrogens (tertiary/aromatic N) is 1. The second-order valence-corrected chi connectivity index (χ2v) is 7.28. The largest absolute Gasteiger partial charge is 0.329 e. The third kappa shape index (κ3) is 3.88. The van der Waals surface area contributed by atoms with Gasteiger partial charge in [0.2, 0.25) is 0 Å². The summed E-state index contributed by atoms with van der Waals surface area (Å²) in [5.74, 6) is 3.29. The predicted octanol–water partition coefficient (Wildman–Crippen LogP) is 3.36. The second kappa shape index (κ2) is 7.76. The van der Waals surface area contributed by atoms with E-state index in [1.807, 2.05) is 0 Å². The zero-order chi connectivity index (χ0) is 13.6. The van der Waals surface area contributed by atoms with Crippen LogP contribution in [0.4, 0.5) is 0 Å². The molecular formula is C15H32N2S. The maximum absolute atomic E-state index is 6.21. The maximum atomic E-state index is 6.21. The molecule has 3 heteroatoms. The molecule has 0 bridgehead atoms. The maximum Gasteiger partial charge on any atom is 0.0350 e. The molecule has 0 spiro atoms. The summed E-state index contributed by atoms with van der Waals surface area (Å²) < 4.78 is 0. The first-order chi connectivity index (χ1) is 8.59. The third-order valence-corrected chi connectivity index (χ3v) is 5.34. The van der Waals surface area contributed by atoms with E-state index in [-0.39, 0.29) is 5.54 Å². The van der Waals surface area contributed by atoms with E-state index in [1.54, 1.807) is 0 Å². The van der Waals surface area contributed by atoms with Gasteiger partial charge in [-0.2, -0.15) is 11.8 Å². The number of nitrogens with two attached hydrogens (primary N) is 1. The van der Waals surface area contributed by atoms with E-state index in [2.05, 4.69) is 44.4 Å². The molecule has 1 saturated heterocycles. The molecule has 1 aliphatic heterocycles. The summed E-state index contributed by atoms with van der Waals surface area (Å²) in [6.07, 6.45) is 5.05. The van der Waals surface area contributed by atoms with E-state index < -0.39 is 0 Å². The van der Waals surface area contributed by atoms with Crippen LogP contribution in [0.1, 0.15) is 53.4 Å². The molecule has 0 aromatic carbocycles. The molecule has 18 heavy (non-hydrogen) atoms. The molecule has 0 aromatic rings. The Labute approximate surface area is 118 Å². The fraction of sp³-hybridized carbons (Fsp3) is 1.00. The van der Waals surface area contributed by atoms with Gasteiger partial charge in [-0.15, -0.1) is 0 Å². The van der Waals surface area contributed by atoms with Crippen LogP contribution in [0.15, 0.2) is 0 Å². The van der Waals surface area contributed by atoms with Crippen LogP contribution in [0.25, 0.3) is 0 Å². The van der Waals surface area contributed by atoms with Crippen molar-refractivity contribution in [2.24, 2.45) is 11.7 Å². The molecule has 0 aliphatic carbocycles. The smallest absolute Gasteiger partial charge is 0.0350 e. The van der Waals surface area contributed by atoms with Crippen molar-refractivity contribution in [1.82, 2.24) is 4.90 Å². The fourth-order valence-electron chi connectivity index (χ4n) is 3.21. The van der Waals surface area contributed by atoms with Gasteiger partial charge in [-0.3, -0.25) is 4.90 Å². The van der Waals surface area contributed by atoms with E-state index in [0.717, 1.165) is 12.5 Å². The van der Waals surface area contributed by atoms with Crippen LogP contribution in [-0.4, -0.2) is 41.1 Å². The van der Waals surface area contributed by atoms with E-state index in [4.69, 9.17) is 5.73 Å². The summed E-state index contributed by atoms with van der Waals surface area (Å²) in [7, 11) is 0. The van der Waals surface area contributed by atoms with Gasteiger partial charge in [0, 0.05) is 24.7 Å². The Morgan fingerprint density at radius 1 is 1.17 bits per heavy atom. The normalized spacial score (nSPS) is 20.0. The summed E-state index contributed by atoms with van der Waals surface area (Å²) in [5, 5.41) is 0. The van der Waals surface area contributed by atoms with Crippen LogP contribution in [0.2, 0.25) is 0 Å². The second-order valence-electron chi connectivity index (χ2n) is 6.06. The predicted molar refractivity (Wildman–Crippen MR) is 84.3 cm³/mol. The molecule has 0 radical (unpaired) electrons. The summed E-state index contributed by atoms with van der Waals surface area (Å²) in [4.78, 5) is 2.78. The van der Waals surface area contributed by atoms with E-state index in [0.29, 0.717) is 6.04 Å². The van der Waals surface area contributed by atoms with Crippen molar-refractivity contribution in [3.63, 3.8) is 0 Å². The van der Waals surface area contributed by atoms with E-state index in [1.165, 1.54) is 43.7 Å². The van der Waals surface area contributed by atoms with Gasteiger partial charge in [-0.1, -0.05) is 27.7 Å². The zero-order valence-corrected chi connectivity index (χ0v) is 13.6. The lowest BCUT2D eigenvalue weighted by Gasteiger charge is -2.50.